The minimum Gasteiger partial charge on any atom is -0.336 e. The summed E-state index contributed by atoms with van der Waals surface area (Å²) in [6, 6.07) is 16.8. The summed E-state index contributed by atoms with van der Waals surface area (Å²) >= 11 is 7.34. The number of carbonyl (C=O) groups excluding carboxylic acids is 2. The van der Waals surface area contributed by atoms with Crippen LogP contribution in [0.1, 0.15) is 5.56 Å². The lowest BCUT2D eigenvalue weighted by molar-refractivity contribution is -0.131. The van der Waals surface area contributed by atoms with Crippen LogP contribution in [0.5, 0.6) is 0 Å². The van der Waals surface area contributed by atoms with Crippen molar-refractivity contribution >= 4 is 40.9 Å². The van der Waals surface area contributed by atoms with E-state index in [0.29, 0.717) is 16.5 Å². The number of rotatable bonds is 7. The zero-order valence-corrected chi connectivity index (χ0v) is 14.9. The maximum atomic E-state index is 12.1. The maximum Gasteiger partial charge on any atom is 0.243 e. The Balaban J connectivity index is 1.72. The highest BCUT2D eigenvalue weighted by atomic mass is 35.5. The molecule has 1 N–H and O–H groups in total. The van der Waals surface area contributed by atoms with Crippen molar-refractivity contribution in [3.8, 4) is 0 Å². The molecular formula is C18H19ClN2O2S. The first kappa shape index (κ1) is 18.4. The molecule has 0 aliphatic rings. The van der Waals surface area contributed by atoms with E-state index in [-0.39, 0.29) is 18.4 Å². The third kappa shape index (κ3) is 6.26. The lowest BCUT2D eigenvalue weighted by Gasteiger charge is -2.16. The monoisotopic (exact) mass is 362 g/mol. The number of nitrogens with zero attached hydrogens (tertiary/aromatic N) is 1. The summed E-state index contributed by atoms with van der Waals surface area (Å²) in [4.78, 5) is 25.5. The Morgan fingerprint density at radius 1 is 1.08 bits per heavy atom. The van der Waals surface area contributed by atoms with Gasteiger partial charge in [-0.25, -0.2) is 0 Å². The van der Waals surface area contributed by atoms with E-state index in [1.165, 1.54) is 22.2 Å². The fourth-order valence-corrected chi connectivity index (χ4v) is 3.03. The molecule has 0 unspecified atom stereocenters. The zero-order valence-electron chi connectivity index (χ0n) is 13.4. The van der Waals surface area contributed by atoms with Gasteiger partial charge in [-0.1, -0.05) is 41.9 Å². The number of hydrogen-bond donors (Lipinski definition) is 1. The summed E-state index contributed by atoms with van der Waals surface area (Å²) < 4.78 is 0. The van der Waals surface area contributed by atoms with Crippen LogP contribution >= 0.6 is 23.4 Å². The Morgan fingerprint density at radius 2 is 1.75 bits per heavy atom. The third-order valence-electron chi connectivity index (χ3n) is 3.27. The molecule has 0 radical (unpaired) electrons. The topological polar surface area (TPSA) is 49.4 Å². The molecule has 6 heteroatoms. The van der Waals surface area contributed by atoms with Crippen LogP contribution in [-0.2, 0) is 15.3 Å². The van der Waals surface area contributed by atoms with Crippen LogP contribution in [0.3, 0.4) is 0 Å². The van der Waals surface area contributed by atoms with Crippen LogP contribution in [0.2, 0.25) is 5.02 Å². The van der Waals surface area contributed by atoms with E-state index in [1.54, 1.807) is 31.3 Å². The highest BCUT2D eigenvalue weighted by Gasteiger charge is 2.13. The molecule has 0 aromatic heterocycles. The molecular weight excluding hydrogens is 344 g/mol. The van der Waals surface area contributed by atoms with Gasteiger partial charge in [0.1, 0.15) is 0 Å². The Kier molecular flexibility index (Phi) is 7.15. The molecule has 0 aliphatic carbocycles. The van der Waals surface area contributed by atoms with Gasteiger partial charge in [0.25, 0.3) is 0 Å². The second-order valence-corrected chi connectivity index (χ2v) is 6.71. The van der Waals surface area contributed by atoms with Crippen LogP contribution in [0.15, 0.2) is 54.6 Å². The summed E-state index contributed by atoms with van der Waals surface area (Å²) in [7, 11) is 1.63. The molecule has 126 valence electrons. The minimum absolute atomic E-state index is 0.0212. The highest BCUT2D eigenvalue weighted by molar-refractivity contribution is 7.99. The van der Waals surface area contributed by atoms with Crippen LogP contribution in [0.4, 0.5) is 5.69 Å². The van der Waals surface area contributed by atoms with Gasteiger partial charge < -0.3 is 10.2 Å². The van der Waals surface area contributed by atoms with Crippen molar-refractivity contribution in [1.82, 2.24) is 4.90 Å². The van der Waals surface area contributed by atoms with Crippen LogP contribution in [0, 0.1) is 0 Å². The highest BCUT2D eigenvalue weighted by Crippen LogP contribution is 2.14. The molecule has 2 amide bonds. The second kappa shape index (κ2) is 9.35. The number of nitrogens with one attached hydrogen (secondary N) is 1. The summed E-state index contributed by atoms with van der Waals surface area (Å²) in [5.41, 5.74) is 1.84. The van der Waals surface area contributed by atoms with Gasteiger partial charge in [0.05, 0.1) is 12.3 Å². The predicted molar refractivity (Wildman–Crippen MR) is 100 cm³/mol. The molecule has 0 saturated carbocycles. The van der Waals surface area contributed by atoms with Crippen LogP contribution in [-0.4, -0.2) is 36.1 Å². The van der Waals surface area contributed by atoms with Crippen LogP contribution in [0.25, 0.3) is 0 Å². The number of amides is 2. The molecule has 2 aromatic rings. The molecule has 24 heavy (non-hydrogen) atoms. The van der Waals surface area contributed by atoms with Crippen molar-refractivity contribution in [2.24, 2.45) is 0 Å². The van der Waals surface area contributed by atoms with Crippen molar-refractivity contribution in [1.29, 1.82) is 0 Å². The average Bonchev–Trinajstić information content (AvgIpc) is 2.57. The lowest BCUT2D eigenvalue weighted by atomic mass is 10.2. The maximum absolute atomic E-state index is 12.1. The molecule has 0 spiro atoms. The van der Waals surface area contributed by atoms with Gasteiger partial charge >= 0.3 is 0 Å². The summed E-state index contributed by atoms with van der Waals surface area (Å²) in [5, 5.41) is 3.35. The molecule has 0 bridgehead atoms. The minimum atomic E-state index is -0.235. The number of hydrogen-bond acceptors (Lipinski definition) is 3. The second-order valence-electron chi connectivity index (χ2n) is 5.28. The van der Waals surface area contributed by atoms with Gasteiger partial charge in [-0.05, 0) is 29.8 Å². The predicted octanol–water partition coefficient (Wildman–Crippen LogP) is 3.67. The Bertz CT molecular complexity index is 677. The van der Waals surface area contributed by atoms with Gasteiger partial charge in [0, 0.05) is 23.5 Å². The standard InChI is InChI=1S/C18H19ClN2O2S/c1-21(11-17(22)20-16-9-7-15(19)8-10-16)18(23)13-24-12-14-5-3-2-4-6-14/h2-10H,11-13H2,1H3,(H,20,22). The summed E-state index contributed by atoms with van der Waals surface area (Å²) in [6.07, 6.45) is 0. The van der Waals surface area contributed by atoms with E-state index in [1.807, 2.05) is 30.3 Å². The molecule has 0 fully saturated rings. The third-order valence-corrected chi connectivity index (χ3v) is 4.51. The normalized spacial score (nSPS) is 10.2. The van der Waals surface area contributed by atoms with E-state index in [4.69, 9.17) is 11.6 Å². The molecule has 4 nitrogen and oxygen atoms in total. The molecule has 0 saturated heterocycles. The van der Waals surface area contributed by atoms with Crippen molar-refractivity contribution < 1.29 is 9.59 Å². The summed E-state index contributed by atoms with van der Waals surface area (Å²) in [5.74, 6) is 0.820. The molecule has 2 rings (SSSR count). The number of benzene rings is 2. The SMILES string of the molecule is CN(CC(=O)Nc1ccc(Cl)cc1)C(=O)CSCc1ccccc1. The van der Waals surface area contributed by atoms with Crippen molar-refractivity contribution in [2.45, 2.75) is 5.75 Å². The zero-order chi connectivity index (χ0) is 17.4. The first-order valence-corrected chi connectivity index (χ1v) is 8.99. The van der Waals surface area contributed by atoms with Crippen molar-refractivity contribution in [3.63, 3.8) is 0 Å². The van der Waals surface area contributed by atoms with E-state index in [0.717, 1.165) is 5.75 Å². The largest absolute Gasteiger partial charge is 0.336 e. The van der Waals surface area contributed by atoms with Crippen molar-refractivity contribution in [2.75, 3.05) is 24.7 Å². The van der Waals surface area contributed by atoms with E-state index in [2.05, 4.69) is 5.32 Å². The van der Waals surface area contributed by atoms with Crippen LogP contribution < -0.4 is 5.32 Å². The van der Waals surface area contributed by atoms with E-state index < -0.39 is 0 Å². The molecule has 0 atom stereocenters. The molecule has 0 heterocycles. The smallest absolute Gasteiger partial charge is 0.243 e. The number of carbonyl (C=O) groups is 2. The summed E-state index contributed by atoms with van der Waals surface area (Å²) in [6.45, 7) is 0.0212. The van der Waals surface area contributed by atoms with Gasteiger partial charge in [0.15, 0.2) is 0 Å². The van der Waals surface area contributed by atoms with Gasteiger partial charge in [-0.15, -0.1) is 11.8 Å². The fraction of sp³-hybridized carbons (Fsp3) is 0.222. The Hall–Kier alpha value is -1.98. The fourth-order valence-electron chi connectivity index (χ4n) is 1.98. The van der Waals surface area contributed by atoms with Crippen molar-refractivity contribution in [3.05, 3.63) is 65.2 Å². The molecule has 2 aromatic carbocycles. The quantitative estimate of drug-likeness (QED) is 0.817. The number of halogens is 1. The number of thioether (sulfide) groups is 1. The molecule has 0 aliphatic heterocycles. The van der Waals surface area contributed by atoms with Gasteiger partial charge in [-0.2, -0.15) is 0 Å². The Labute approximate surface area is 151 Å². The first-order valence-electron chi connectivity index (χ1n) is 7.45. The first-order chi connectivity index (χ1) is 11.5. The number of likely N-dealkylation sites (N-methyl/N-ethyl adjacent to an activating group) is 1. The number of anilines is 1. The lowest BCUT2D eigenvalue weighted by Crippen LogP contribution is -2.35. The average molecular weight is 363 g/mol. The van der Waals surface area contributed by atoms with E-state index in [9.17, 15) is 9.59 Å². The van der Waals surface area contributed by atoms with Gasteiger partial charge in [-0.3, -0.25) is 9.59 Å². The van der Waals surface area contributed by atoms with E-state index >= 15 is 0 Å². The Morgan fingerprint density at radius 3 is 2.42 bits per heavy atom. The van der Waals surface area contributed by atoms with Gasteiger partial charge in [0.2, 0.25) is 11.8 Å².